The molecule has 0 bridgehead atoms. The summed E-state index contributed by atoms with van der Waals surface area (Å²) in [6.45, 7) is 0.316. The number of fused-ring (bicyclic) bond motifs is 1. The van der Waals surface area contributed by atoms with Crippen LogP contribution >= 0.6 is 0 Å². The molecule has 2 aromatic heterocycles. The summed E-state index contributed by atoms with van der Waals surface area (Å²) in [6.07, 6.45) is 1.87. The van der Waals surface area contributed by atoms with Gasteiger partial charge in [-0.2, -0.15) is 0 Å². The molecule has 1 amide bonds. The molecule has 0 aliphatic rings. The number of nitrogens with one attached hydrogen (secondary N) is 1. The number of carbonyl (C=O) groups is 1. The summed E-state index contributed by atoms with van der Waals surface area (Å²) in [5.41, 5.74) is 1.33. The van der Waals surface area contributed by atoms with Gasteiger partial charge in [0.1, 0.15) is 5.75 Å². The number of nitrogens with zero attached hydrogens (tertiary/aromatic N) is 3. The van der Waals surface area contributed by atoms with Crippen LogP contribution in [0.4, 0.5) is 0 Å². The lowest BCUT2D eigenvalue weighted by atomic mass is 10.2. The normalized spacial score (nSPS) is 10.5. The molecule has 6 heteroatoms. The van der Waals surface area contributed by atoms with Crippen molar-refractivity contribution < 1.29 is 9.53 Å². The minimum atomic E-state index is -0.162. The summed E-state index contributed by atoms with van der Waals surface area (Å²) in [6, 6.07) is 12.6. The van der Waals surface area contributed by atoms with Gasteiger partial charge in [-0.3, -0.25) is 9.20 Å². The van der Waals surface area contributed by atoms with Crippen LogP contribution in [-0.2, 0) is 6.54 Å². The molecular weight excluding hydrogens is 268 g/mol. The highest BCUT2D eigenvalue weighted by Gasteiger charge is 2.08. The fourth-order valence-corrected chi connectivity index (χ4v) is 2.02. The van der Waals surface area contributed by atoms with E-state index in [0.29, 0.717) is 17.9 Å². The summed E-state index contributed by atoms with van der Waals surface area (Å²) < 4.78 is 6.90. The van der Waals surface area contributed by atoms with Gasteiger partial charge in [0.05, 0.1) is 13.7 Å². The fourth-order valence-electron chi connectivity index (χ4n) is 2.02. The fraction of sp³-hybridized carbons (Fsp3) is 0.133. The Morgan fingerprint density at radius 3 is 2.76 bits per heavy atom. The molecule has 0 atom stereocenters. The van der Waals surface area contributed by atoms with E-state index in [2.05, 4.69) is 15.5 Å². The van der Waals surface area contributed by atoms with E-state index in [-0.39, 0.29) is 5.91 Å². The first-order valence-electron chi connectivity index (χ1n) is 6.49. The Morgan fingerprint density at radius 2 is 2.00 bits per heavy atom. The molecule has 0 unspecified atom stereocenters. The van der Waals surface area contributed by atoms with Gasteiger partial charge in [0, 0.05) is 11.8 Å². The lowest BCUT2D eigenvalue weighted by Crippen LogP contribution is -2.23. The number of hydrogen-bond acceptors (Lipinski definition) is 4. The van der Waals surface area contributed by atoms with Gasteiger partial charge < -0.3 is 10.1 Å². The topological polar surface area (TPSA) is 68.5 Å². The van der Waals surface area contributed by atoms with E-state index >= 15 is 0 Å². The molecule has 0 aliphatic carbocycles. The number of aromatic nitrogens is 3. The summed E-state index contributed by atoms with van der Waals surface area (Å²) in [7, 11) is 1.59. The first-order valence-corrected chi connectivity index (χ1v) is 6.49. The van der Waals surface area contributed by atoms with E-state index in [9.17, 15) is 4.79 Å². The molecular formula is C15H14N4O2. The third kappa shape index (κ3) is 2.69. The van der Waals surface area contributed by atoms with Gasteiger partial charge >= 0.3 is 0 Å². The second-order valence-electron chi connectivity index (χ2n) is 4.46. The van der Waals surface area contributed by atoms with Crippen LogP contribution in [0.15, 0.2) is 48.7 Å². The van der Waals surface area contributed by atoms with Crippen molar-refractivity contribution in [1.29, 1.82) is 0 Å². The molecule has 3 rings (SSSR count). The van der Waals surface area contributed by atoms with Crippen molar-refractivity contribution in [1.82, 2.24) is 19.9 Å². The van der Waals surface area contributed by atoms with Crippen LogP contribution in [0, 0.1) is 0 Å². The third-order valence-corrected chi connectivity index (χ3v) is 3.14. The largest absolute Gasteiger partial charge is 0.497 e. The van der Waals surface area contributed by atoms with Gasteiger partial charge in [0.25, 0.3) is 5.91 Å². The van der Waals surface area contributed by atoms with Crippen LogP contribution in [0.25, 0.3) is 5.65 Å². The average molecular weight is 282 g/mol. The van der Waals surface area contributed by atoms with Crippen LogP contribution in [0.1, 0.15) is 16.2 Å². The van der Waals surface area contributed by atoms with Crippen LogP contribution in [0.5, 0.6) is 5.75 Å². The predicted molar refractivity (Wildman–Crippen MR) is 77.2 cm³/mol. The van der Waals surface area contributed by atoms with Gasteiger partial charge in [-0.25, -0.2) is 0 Å². The van der Waals surface area contributed by atoms with Gasteiger partial charge in [0.15, 0.2) is 11.5 Å². The maximum atomic E-state index is 12.1. The smallest absolute Gasteiger partial charge is 0.251 e. The zero-order valence-corrected chi connectivity index (χ0v) is 11.5. The molecule has 0 aliphatic heterocycles. The van der Waals surface area contributed by atoms with Crippen molar-refractivity contribution in [2.24, 2.45) is 0 Å². The second kappa shape index (κ2) is 5.62. The standard InChI is InChI=1S/C15H14N4O2/c1-21-12-7-5-11(6-8-12)15(20)16-10-14-18-17-13-4-2-3-9-19(13)14/h2-9H,10H2,1H3,(H,16,20). The number of carbonyl (C=O) groups excluding carboxylic acids is 1. The molecule has 1 N–H and O–H groups in total. The molecule has 0 spiro atoms. The molecule has 3 aromatic rings. The molecule has 1 aromatic carbocycles. The lowest BCUT2D eigenvalue weighted by Gasteiger charge is -2.05. The molecule has 2 heterocycles. The van der Waals surface area contributed by atoms with E-state index < -0.39 is 0 Å². The number of amides is 1. The predicted octanol–water partition coefficient (Wildman–Crippen LogP) is 1.67. The molecule has 0 fully saturated rings. The summed E-state index contributed by atoms with van der Waals surface area (Å²) >= 11 is 0. The van der Waals surface area contributed by atoms with Crippen molar-refractivity contribution in [3.05, 3.63) is 60.0 Å². The van der Waals surface area contributed by atoms with Crippen molar-refractivity contribution >= 4 is 11.6 Å². The molecule has 21 heavy (non-hydrogen) atoms. The Bertz CT molecular complexity index is 765. The monoisotopic (exact) mass is 282 g/mol. The maximum absolute atomic E-state index is 12.1. The Kier molecular flexibility index (Phi) is 3.51. The molecule has 0 radical (unpaired) electrons. The number of ether oxygens (including phenoxy) is 1. The van der Waals surface area contributed by atoms with E-state index in [4.69, 9.17) is 4.74 Å². The Labute approximate surface area is 121 Å². The number of rotatable bonds is 4. The van der Waals surface area contributed by atoms with Crippen molar-refractivity contribution in [3.63, 3.8) is 0 Å². The van der Waals surface area contributed by atoms with Gasteiger partial charge in [-0.05, 0) is 36.4 Å². The van der Waals surface area contributed by atoms with Crippen molar-refractivity contribution in [2.75, 3.05) is 7.11 Å². The highest BCUT2D eigenvalue weighted by molar-refractivity contribution is 5.94. The van der Waals surface area contributed by atoms with Crippen LogP contribution in [-0.4, -0.2) is 27.6 Å². The molecule has 106 valence electrons. The Balaban J connectivity index is 1.70. The third-order valence-electron chi connectivity index (χ3n) is 3.14. The Hall–Kier alpha value is -2.89. The Morgan fingerprint density at radius 1 is 1.19 bits per heavy atom. The highest BCUT2D eigenvalue weighted by Crippen LogP contribution is 2.11. The number of methoxy groups -OCH3 is 1. The van der Waals surface area contributed by atoms with Gasteiger partial charge in [0.2, 0.25) is 0 Å². The minimum absolute atomic E-state index is 0.162. The van der Waals surface area contributed by atoms with Gasteiger partial charge in [-0.1, -0.05) is 6.07 Å². The van der Waals surface area contributed by atoms with Gasteiger partial charge in [-0.15, -0.1) is 10.2 Å². The molecule has 0 saturated carbocycles. The molecule has 6 nitrogen and oxygen atoms in total. The van der Waals surface area contributed by atoms with Crippen molar-refractivity contribution in [3.8, 4) is 5.75 Å². The zero-order valence-electron chi connectivity index (χ0n) is 11.5. The van der Waals surface area contributed by atoms with Crippen LogP contribution in [0.3, 0.4) is 0 Å². The first-order chi connectivity index (χ1) is 10.3. The van der Waals surface area contributed by atoms with Crippen LogP contribution < -0.4 is 10.1 Å². The minimum Gasteiger partial charge on any atom is -0.497 e. The van der Waals surface area contributed by atoms with E-state index in [1.807, 2.05) is 28.8 Å². The SMILES string of the molecule is COc1ccc(C(=O)NCc2nnc3ccccn23)cc1. The molecule has 0 saturated heterocycles. The summed E-state index contributed by atoms with van der Waals surface area (Å²) in [5, 5.41) is 10.9. The number of benzene rings is 1. The number of hydrogen-bond donors (Lipinski definition) is 1. The summed E-state index contributed by atoms with van der Waals surface area (Å²) in [4.78, 5) is 12.1. The van der Waals surface area contributed by atoms with E-state index in [1.54, 1.807) is 31.4 Å². The number of pyridine rings is 1. The van der Waals surface area contributed by atoms with E-state index in [1.165, 1.54) is 0 Å². The van der Waals surface area contributed by atoms with Crippen LogP contribution in [0.2, 0.25) is 0 Å². The summed E-state index contributed by atoms with van der Waals surface area (Å²) in [5.74, 6) is 1.24. The second-order valence-corrected chi connectivity index (χ2v) is 4.46. The maximum Gasteiger partial charge on any atom is 0.251 e. The first kappa shape index (κ1) is 13.1. The van der Waals surface area contributed by atoms with Crippen molar-refractivity contribution in [2.45, 2.75) is 6.54 Å². The zero-order chi connectivity index (χ0) is 14.7. The highest BCUT2D eigenvalue weighted by atomic mass is 16.5. The average Bonchev–Trinajstić information content (AvgIpc) is 2.96. The quantitative estimate of drug-likeness (QED) is 0.790. The van der Waals surface area contributed by atoms with E-state index in [0.717, 1.165) is 11.4 Å². The lowest BCUT2D eigenvalue weighted by molar-refractivity contribution is 0.0949.